The Morgan fingerprint density at radius 3 is 2.57 bits per heavy atom. The molecule has 1 aromatic heterocycles. The second-order valence-corrected chi connectivity index (χ2v) is 6.84. The molecule has 0 spiro atoms. The fraction of sp³-hybridized carbons (Fsp3) is 0.688. The van der Waals surface area contributed by atoms with E-state index in [0.29, 0.717) is 6.04 Å². The predicted molar refractivity (Wildman–Crippen MR) is 86.6 cm³/mol. The molecule has 7 nitrogen and oxygen atoms in total. The van der Waals surface area contributed by atoms with E-state index in [1.807, 2.05) is 6.07 Å². The molecule has 3 heterocycles. The Kier molecular flexibility index (Phi) is 4.13. The maximum Gasteiger partial charge on any atom is 0.238 e. The monoisotopic (exact) mass is 316 g/mol. The first-order chi connectivity index (χ1) is 11.3. The summed E-state index contributed by atoms with van der Waals surface area (Å²) in [6.45, 7) is 1.77. The van der Waals surface area contributed by atoms with Crippen LogP contribution in [0.1, 0.15) is 32.1 Å². The first-order valence-corrected chi connectivity index (χ1v) is 8.63. The van der Waals surface area contributed by atoms with Crippen molar-refractivity contribution in [2.75, 3.05) is 18.0 Å². The zero-order valence-corrected chi connectivity index (χ0v) is 13.2. The van der Waals surface area contributed by atoms with Crippen LogP contribution in [0.15, 0.2) is 18.5 Å². The molecule has 3 N–H and O–H groups in total. The predicted octanol–water partition coefficient (Wildman–Crippen LogP) is 0.207. The molecule has 2 aliphatic heterocycles. The maximum absolute atomic E-state index is 12.4. The van der Waals surface area contributed by atoms with E-state index in [2.05, 4.69) is 31.0 Å². The number of nitrogens with one attached hydrogen (secondary N) is 3. The minimum absolute atomic E-state index is 0.0870. The van der Waals surface area contributed by atoms with Crippen LogP contribution in [-0.2, 0) is 4.79 Å². The number of amides is 1. The lowest BCUT2D eigenvalue weighted by Gasteiger charge is -2.32. The van der Waals surface area contributed by atoms with E-state index in [1.165, 1.54) is 12.8 Å². The summed E-state index contributed by atoms with van der Waals surface area (Å²) < 4.78 is 0. The number of hydrogen-bond donors (Lipinski definition) is 3. The molecule has 2 unspecified atom stereocenters. The number of hydrogen-bond acceptors (Lipinski definition) is 6. The van der Waals surface area contributed by atoms with Crippen molar-refractivity contribution in [3.63, 3.8) is 0 Å². The molecule has 124 valence electrons. The molecule has 3 fully saturated rings. The van der Waals surface area contributed by atoms with E-state index < -0.39 is 0 Å². The van der Waals surface area contributed by atoms with Crippen molar-refractivity contribution in [1.29, 1.82) is 0 Å². The van der Waals surface area contributed by atoms with Crippen molar-refractivity contribution >= 4 is 11.9 Å². The van der Waals surface area contributed by atoms with E-state index >= 15 is 0 Å². The average molecular weight is 316 g/mol. The lowest BCUT2D eigenvalue weighted by Crippen LogP contribution is -2.50. The van der Waals surface area contributed by atoms with Crippen LogP contribution in [0.5, 0.6) is 0 Å². The quantitative estimate of drug-likeness (QED) is 0.736. The molecule has 4 rings (SSSR count). The highest BCUT2D eigenvalue weighted by Crippen LogP contribution is 2.35. The standard InChI is InChI=1S/C16H24N6O/c23-15(14-10-13(20-21-14)11-2-3-11)19-12-4-8-22(9-5-12)16-17-6-1-7-18-16/h1,6-7,11-14,20-21H,2-5,8-10H2,(H,19,23). The van der Waals surface area contributed by atoms with E-state index in [9.17, 15) is 4.79 Å². The van der Waals surface area contributed by atoms with Gasteiger partial charge in [-0.25, -0.2) is 15.4 Å². The largest absolute Gasteiger partial charge is 0.352 e. The molecular weight excluding hydrogens is 292 g/mol. The summed E-state index contributed by atoms with van der Waals surface area (Å²) in [6.07, 6.45) is 8.93. The van der Waals surface area contributed by atoms with Gasteiger partial charge in [0.15, 0.2) is 0 Å². The highest BCUT2D eigenvalue weighted by atomic mass is 16.2. The SMILES string of the molecule is O=C(NC1CCN(c2ncccn2)CC1)C1CC(C2CC2)NN1. The third-order valence-corrected chi connectivity index (χ3v) is 5.12. The zero-order valence-electron chi connectivity index (χ0n) is 13.2. The van der Waals surface area contributed by atoms with Gasteiger partial charge in [-0.2, -0.15) is 0 Å². The number of carbonyl (C=O) groups is 1. The Labute approximate surface area is 136 Å². The lowest BCUT2D eigenvalue weighted by atomic mass is 10.0. The molecule has 1 saturated carbocycles. The van der Waals surface area contributed by atoms with Gasteiger partial charge in [-0.05, 0) is 44.1 Å². The van der Waals surface area contributed by atoms with Gasteiger partial charge >= 0.3 is 0 Å². The van der Waals surface area contributed by atoms with Crippen molar-refractivity contribution in [3.8, 4) is 0 Å². The van der Waals surface area contributed by atoms with Crippen LogP contribution in [0.25, 0.3) is 0 Å². The average Bonchev–Trinajstić information content (AvgIpc) is 3.33. The van der Waals surface area contributed by atoms with Gasteiger partial charge in [-0.1, -0.05) is 0 Å². The fourth-order valence-corrected chi connectivity index (χ4v) is 3.54. The van der Waals surface area contributed by atoms with Crippen LogP contribution in [0.2, 0.25) is 0 Å². The Morgan fingerprint density at radius 1 is 1.13 bits per heavy atom. The molecule has 0 radical (unpaired) electrons. The number of nitrogens with zero attached hydrogens (tertiary/aromatic N) is 3. The Morgan fingerprint density at radius 2 is 1.87 bits per heavy atom. The summed E-state index contributed by atoms with van der Waals surface area (Å²) in [6, 6.07) is 2.47. The van der Waals surface area contributed by atoms with Gasteiger partial charge in [0.2, 0.25) is 11.9 Å². The van der Waals surface area contributed by atoms with E-state index in [-0.39, 0.29) is 18.0 Å². The second-order valence-electron chi connectivity index (χ2n) is 6.84. The van der Waals surface area contributed by atoms with Crippen LogP contribution >= 0.6 is 0 Å². The first kappa shape index (κ1) is 14.8. The van der Waals surface area contributed by atoms with Crippen molar-refractivity contribution in [1.82, 2.24) is 26.1 Å². The summed E-state index contributed by atoms with van der Waals surface area (Å²) in [5.74, 6) is 1.69. The summed E-state index contributed by atoms with van der Waals surface area (Å²) in [5, 5.41) is 3.20. The van der Waals surface area contributed by atoms with Crippen molar-refractivity contribution in [3.05, 3.63) is 18.5 Å². The number of hydrazine groups is 1. The van der Waals surface area contributed by atoms with Crippen LogP contribution in [-0.4, -0.2) is 47.1 Å². The summed E-state index contributed by atoms with van der Waals surface area (Å²) in [5.41, 5.74) is 6.44. The molecule has 23 heavy (non-hydrogen) atoms. The highest BCUT2D eigenvalue weighted by molar-refractivity contribution is 5.82. The molecule has 0 aromatic carbocycles. The van der Waals surface area contributed by atoms with Crippen LogP contribution in [0, 0.1) is 5.92 Å². The minimum atomic E-state index is -0.0870. The summed E-state index contributed by atoms with van der Waals surface area (Å²) in [7, 11) is 0. The molecule has 2 atom stereocenters. The molecule has 3 aliphatic rings. The Balaban J connectivity index is 1.24. The number of carbonyl (C=O) groups excluding carboxylic acids is 1. The van der Waals surface area contributed by atoms with Crippen molar-refractivity contribution < 1.29 is 4.79 Å². The van der Waals surface area contributed by atoms with Gasteiger partial charge in [0.05, 0.1) is 0 Å². The summed E-state index contributed by atoms with van der Waals surface area (Å²) in [4.78, 5) is 23.2. The maximum atomic E-state index is 12.4. The molecule has 0 bridgehead atoms. The third-order valence-electron chi connectivity index (χ3n) is 5.12. The van der Waals surface area contributed by atoms with Gasteiger partial charge in [0, 0.05) is 37.6 Å². The van der Waals surface area contributed by atoms with Crippen LogP contribution in [0.4, 0.5) is 5.95 Å². The Hall–Kier alpha value is -1.73. The van der Waals surface area contributed by atoms with Gasteiger partial charge in [0.1, 0.15) is 6.04 Å². The van der Waals surface area contributed by atoms with E-state index in [0.717, 1.165) is 44.2 Å². The van der Waals surface area contributed by atoms with E-state index in [4.69, 9.17) is 0 Å². The third kappa shape index (κ3) is 3.45. The first-order valence-electron chi connectivity index (χ1n) is 8.63. The number of anilines is 1. The molecule has 1 aromatic rings. The zero-order chi connectivity index (χ0) is 15.6. The topological polar surface area (TPSA) is 82.2 Å². The van der Waals surface area contributed by atoms with Gasteiger partial charge in [0.25, 0.3) is 0 Å². The van der Waals surface area contributed by atoms with Crippen molar-refractivity contribution in [2.45, 2.75) is 50.2 Å². The normalized spacial score (nSPS) is 28.8. The van der Waals surface area contributed by atoms with Gasteiger partial charge < -0.3 is 10.2 Å². The van der Waals surface area contributed by atoms with Gasteiger partial charge in [-0.3, -0.25) is 10.2 Å². The number of aromatic nitrogens is 2. The fourth-order valence-electron chi connectivity index (χ4n) is 3.54. The highest BCUT2D eigenvalue weighted by Gasteiger charge is 2.39. The number of piperidine rings is 1. The van der Waals surface area contributed by atoms with E-state index in [1.54, 1.807) is 12.4 Å². The molecule has 2 saturated heterocycles. The van der Waals surface area contributed by atoms with Gasteiger partial charge in [-0.15, -0.1) is 0 Å². The summed E-state index contributed by atoms with van der Waals surface area (Å²) >= 11 is 0. The van der Waals surface area contributed by atoms with Crippen LogP contribution in [0.3, 0.4) is 0 Å². The lowest BCUT2D eigenvalue weighted by molar-refractivity contribution is -0.123. The second kappa shape index (κ2) is 6.41. The smallest absolute Gasteiger partial charge is 0.238 e. The number of rotatable bonds is 4. The molecular formula is C16H24N6O. The molecule has 7 heteroatoms. The molecule has 1 amide bonds. The van der Waals surface area contributed by atoms with Crippen LogP contribution < -0.4 is 21.1 Å². The minimum Gasteiger partial charge on any atom is -0.352 e. The van der Waals surface area contributed by atoms with Crippen molar-refractivity contribution in [2.24, 2.45) is 5.92 Å². The Bertz CT molecular complexity index is 541. The molecule has 1 aliphatic carbocycles.